The fraction of sp³-hybridized carbons (Fsp3) is 0.0667. The maximum atomic E-state index is 13.2. The summed E-state index contributed by atoms with van der Waals surface area (Å²) in [5.74, 6) is -2.14. The van der Waals surface area contributed by atoms with Gasteiger partial charge in [0.2, 0.25) is 5.91 Å². The second-order valence-electron chi connectivity index (χ2n) is 4.04. The van der Waals surface area contributed by atoms with Gasteiger partial charge in [-0.1, -0.05) is 18.2 Å². The highest BCUT2D eigenvalue weighted by Gasteiger charge is 2.09. The zero-order valence-electron chi connectivity index (χ0n) is 11.1. The molecule has 0 bridgehead atoms. The van der Waals surface area contributed by atoms with Crippen LogP contribution in [0.1, 0.15) is 6.92 Å². The van der Waals surface area contributed by atoms with Crippen molar-refractivity contribution >= 4 is 22.4 Å². The van der Waals surface area contributed by atoms with Crippen LogP contribution in [0.25, 0.3) is 11.3 Å². The van der Waals surface area contributed by atoms with Gasteiger partial charge in [-0.25, -0.2) is 13.8 Å². The Morgan fingerprint density at radius 3 is 2.81 bits per heavy atom. The van der Waals surface area contributed by atoms with Crippen LogP contribution in [0.3, 0.4) is 0 Å². The number of rotatable bonds is 4. The number of halogens is 2. The highest BCUT2D eigenvalue weighted by atomic mass is 32.1. The Labute approximate surface area is 124 Å². The van der Waals surface area contributed by atoms with Crippen LogP contribution in [0.2, 0.25) is 0 Å². The van der Waals surface area contributed by atoms with Crippen molar-refractivity contribution in [1.82, 2.24) is 4.98 Å². The van der Waals surface area contributed by atoms with Crippen LogP contribution in [-0.4, -0.2) is 10.9 Å². The molecule has 6 heteroatoms. The highest BCUT2D eigenvalue weighted by molar-refractivity contribution is 7.14. The zero-order valence-corrected chi connectivity index (χ0v) is 12.0. The summed E-state index contributed by atoms with van der Waals surface area (Å²) in [7, 11) is 0. The molecular formula is C15H12F2N2OS. The fourth-order valence-electron chi connectivity index (χ4n) is 1.52. The minimum Gasteiger partial charge on any atom is -0.298 e. The Kier molecular flexibility index (Phi) is 4.94. The summed E-state index contributed by atoms with van der Waals surface area (Å²) in [6, 6.07) is 3.55. The van der Waals surface area contributed by atoms with Crippen molar-refractivity contribution in [3.05, 3.63) is 59.5 Å². The van der Waals surface area contributed by atoms with Gasteiger partial charge in [-0.05, 0) is 25.1 Å². The molecule has 0 radical (unpaired) electrons. The van der Waals surface area contributed by atoms with E-state index in [0.29, 0.717) is 16.4 Å². The molecule has 0 spiro atoms. The Morgan fingerprint density at radius 1 is 1.29 bits per heavy atom. The molecular weight excluding hydrogens is 294 g/mol. The average molecular weight is 306 g/mol. The molecule has 2 rings (SSSR count). The first kappa shape index (κ1) is 15.1. The lowest BCUT2D eigenvalue weighted by molar-refractivity contribution is -0.111. The Balaban J connectivity index is 2.11. The van der Waals surface area contributed by atoms with Crippen LogP contribution >= 0.6 is 11.3 Å². The van der Waals surface area contributed by atoms with Crippen LogP contribution < -0.4 is 5.32 Å². The topological polar surface area (TPSA) is 42.0 Å². The molecule has 21 heavy (non-hydrogen) atoms. The van der Waals surface area contributed by atoms with Gasteiger partial charge in [0.15, 0.2) is 16.8 Å². The summed E-state index contributed by atoms with van der Waals surface area (Å²) in [5, 5.41) is 4.65. The lowest BCUT2D eigenvalue weighted by Gasteiger charge is -1.98. The van der Waals surface area contributed by atoms with Gasteiger partial charge < -0.3 is 0 Å². The number of nitrogens with zero attached hydrogens (tertiary/aromatic N) is 1. The second-order valence-corrected chi connectivity index (χ2v) is 4.90. The molecule has 3 nitrogen and oxygen atoms in total. The Bertz CT molecular complexity index is 707. The van der Waals surface area contributed by atoms with Gasteiger partial charge in [0.25, 0.3) is 0 Å². The van der Waals surface area contributed by atoms with Gasteiger partial charge in [0.1, 0.15) is 0 Å². The first-order valence-electron chi connectivity index (χ1n) is 6.11. The number of benzene rings is 1. The fourth-order valence-corrected chi connectivity index (χ4v) is 2.24. The highest BCUT2D eigenvalue weighted by Crippen LogP contribution is 2.26. The summed E-state index contributed by atoms with van der Waals surface area (Å²) in [4.78, 5) is 15.7. The molecule has 1 aromatic heterocycles. The number of hydrogen-bond acceptors (Lipinski definition) is 3. The molecule has 0 unspecified atom stereocenters. The van der Waals surface area contributed by atoms with Gasteiger partial charge in [-0.3, -0.25) is 10.1 Å². The number of hydrogen-bond donors (Lipinski definition) is 1. The van der Waals surface area contributed by atoms with E-state index in [0.717, 1.165) is 12.1 Å². The predicted octanol–water partition coefficient (Wildman–Crippen LogP) is 4.16. The molecule has 0 aliphatic rings. The van der Waals surface area contributed by atoms with Crippen molar-refractivity contribution in [2.45, 2.75) is 6.92 Å². The van der Waals surface area contributed by atoms with Crippen molar-refractivity contribution in [3.63, 3.8) is 0 Å². The maximum Gasteiger partial charge on any atom is 0.250 e. The molecule has 1 N–H and O–H groups in total. The van der Waals surface area contributed by atoms with E-state index in [1.807, 2.05) is 6.92 Å². The number of carbonyl (C=O) groups excluding carboxylic acids is 1. The van der Waals surface area contributed by atoms with E-state index in [9.17, 15) is 13.6 Å². The molecule has 0 saturated carbocycles. The maximum absolute atomic E-state index is 13.2. The quantitative estimate of drug-likeness (QED) is 0.681. The molecule has 1 amide bonds. The number of amides is 1. The summed E-state index contributed by atoms with van der Waals surface area (Å²) in [6.07, 6.45) is 6.51. The van der Waals surface area contributed by atoms with Crippen LogP contribution in [0.15, 0.2) is 47.9 Å². The van der Waals surface area contributed by atoms with Crippen LogP contribution in [0, 0.1) is 11.6 Å². The second kappa shape index (κ2) is 6.90. The third-order valence-electron chi connectivity index (χ3n) is 2.50. The lowest BCUT2D eigenvalue weighted by atomic mass is 10.2. The van der Waals surface area contributed by atoms with Gasteiger partial charge in [0, 0.05) is 17.0 Å². The number of carbonyl (C=O) groups is 1. The summed E-state index contributed by atoms with van der Waals surface area (Å²) >= 11 is 1.21. The number of nitrogens with one attached hydrogen (secondary N) is 1. The first-order valence-corrected chi connectivity index (χ1v) is 6.99. The first-order chi connectivity index (χ1) is 10.1. The molecule has 0 fully saturated rings. The van der Waals surface area contributed by atoms with E-state index in [-0.39, 0.29) is 5.91 Å². The third kappa shape index (κ3) is 4.06. The third-order valence-corrected chi connectivity index (χ3v) is 3.26. The van der Waals surface area contributed by atoms with E-state index >= 15 is 0 Å². The molecule has 1 heterocycles. The monoisotopic (exact) mass is 306 g/mol. The van der Waals surface area contributed by atoms with E-state index in [1.54, 1.807) is 23.6 Å². The molecule has 0 atom stereocenters. The minimum atomic E-state index is -0.930. The van der Waals surface area contributed by atoms with Gasteiger partial charge in [-0.15, -0.1) is 11.3 Å². The van der Waals surface area contributed by atoms with Gasteiger partial charge in [0.05, 0.1) is 5.69 Å². The minimum absolute atomic E-state index is 0.306. The normalized spacial score (nSPS) is 11.4. The zero-order chi connectivity index (χ0) is 15.2. The number of aromatic nitrogens is 1. The SMILES string of the molecule is C/C=C/C=C/C(=O)Nc1nc(-c2ccc(F)c(F)c2)cs1. The van der Waals surface area contributed by atoms with E-state index in [4.69, 9.17) is 0 Å². The number of thiazole rings is 1. The summed E-state index contributed by atoms with van der Waals surface area (Å²) in [6.45, 7) is 1.84. The van der Waals surface area contributed by atoms with Crippen LogP contribution in [0.5, 0.6) is 0 Å². The Morgan fingerprint density at radius 2 is 2.10 bits per heavy atom. The van der Waals surface area contributed by atoms with Crippen molar-refractivity contribution in [1.29, 1.82) is 0 Å². The van der Waals surface area contributed by atoms with E-state index in [2.05, 4.69) is 10.3 Å². The predicted molar refractivity (Wildman–Crippen MR) is 80.0 cm³/mol. The molecule has 1 aromatic carbocycles. The van der Waals surface area contributed by atoms with Crippen molar-refractivity contribution in [2.75, 3.05) is 5.32 Å². The molecule has 108 valence electrons. The lowest BCUT2D eigenvalue weighted by Crippen LogP contribution is -2.07. The molecule has 0 aliphatic heterocycles. The standard InChI is InChI=1S/C15H12F2N2OS/c1-2-3-4-5-14(20)19-15-18-13(9-21-15)10-6-7-11(16)12(17)8-10/h2-9H,1H3,(H,18,19,20)/b3-2+,5-4+. The summed E-state index contributed by atoms with van der Waals surface area (Å²) < 4.78 is 26.0. The largest absolute Gasteiger partial charge is 0.298 e. The van der Waals surface area contributed by atoms with E-state index in [1.165, 1.54) is 23.5 Å². The number of allylic oxidation sites excluding steroid dienone is 3. The Hall–Kier alpha value is -2.34. The van der Waals surface area contributed by atoms with Crippen LogP contribution in [0.4, 0.5) is 13.9 Å². The number of anilines is 1. The van der Waals surface area contributed by atoms with Gasteiger partial charge >= 0.3 is 0 Å². The van der Waals surface area contributed by atoms with Crippen molar-refractivity contribution < 1.29 is 13.6 Å². The van der Waals surface area contributed by atoms with Crippen molar-refractivity contribution in [3.8, 4) is 11.3 Å². The average Bonchev–Trinajstić information content (AvgIpc) is 2.90. The smallest absolute Gasteiger partial charge is 0.250 e. The molecule has 2 aromatic rings. The van der Waals surface area contributed by atoms with Crippen LogP contribution in [-0.2, 0) is 4.79 Å². The molecule has 0 aliphatic carbocycles. The molecule has 0 saturated heterocycles. The van der Waals surface area contributed by atoms with E-state index < -0.39 is 11.6 Å². The summed E-state index contributed by atoms with van der Waals surface area (Å²) in [5.41, 5.74) is 0.932. The van der Waals surface area contributed by atoms with Gasteiger partial charge in [-0.2, -0.15) is 0 Å². The van der Waals surface area contributed by atoms with Crippen molar-refractivity contribution in [2.24, 2.45) is 0 Å².